The normalized spacial score (nSPS) is 15.8. The van der Waals surface area contributed by atoms with Gasteiger partial charge in [-0.25, -0.2) is 8.42 Å². The number of hydrogen-bond donors (Lipinski definition) is 1. The molecule has 0 saturated carbocycles. The topological polar surface area (TPSA) is 66.5 Å². The second-order valence-electron chi connectivity index (χ2n) is 6.83. The molecule has 0 radical (unpaired) electrons. The SMILES string of the molecule is Cc1c(Cl)cccc1NC(=O)c1cc(S(=O)(=O)N2CCCCCC2)ccc1Cl. The Kier molecular flexibility index (Phi) is 6.65. The highest BCUT2D eigenvalue weighted by Gasteiger charge is 2.26. The first-order valence-corrected chi connectivity index (χ1v) is 11.4. The molecule has 2 aromatic rings. The third-order valence-electron chi connectivity index (χ3n) is 4.90. The predicted octanol–water partition coefficient (Wildman–Crippen LogP) is 5.12. The van der Waals surface area contributed by atoms with Gasteiger partial charge in [-0.1, -0.05) is 42.1 Å². The van der Waals surface area contributed by atoms with Crippen LogP contribution in [0.15, 0.2) is 41.3 Å². The third kappa shape index (κ3) is 4.51. The molecule has 1 amide bonds. The van der Waals surface area contributed by atoms with Crippen LogP contribution in [0, 0.1) is 6.92 Å². The first kappa shape index (κ1) is 21.1. The van der Waals surface area contributed by atoms with Crippen LogP contribution in [-0.2, 0) is 10.0 Å². The summed E-state index contributed by atoms with van der Waals surface area (Å²) in [6, 6.07) is 9.43. The Bertz CT molecular complexity index is 985. The molecule has 0 atom stereocenters. The van der Waals surface area contributed by atoms with E-state index in [1.807, 2.05) is 0 Å². The molecule has 2 aromatic carbocycles. The highest BCUT2D eigenvalue weighted by Crippen LogP contribution is 2.27. The lowest BCUT2D eigenvalue weighted by molar-refractivity contribution is 0.102. The van der Waals surface area contributed by atoms with Crippen LogP contribution < -0.4 is 5.32 Å². The molecule has 1 aliphatic rings. The minimum absolute atomic E-state index is 0.0757. The van der Waals surface area contributed by atoms with Crippen molar-refractivity contribution in [3.8, 4) is 0 Å². The molecule has 0 spiro atoms. The third-order valence-corrected chi connectivity index (χ3v) is 7.53. The van der Waals surface area contributed by atoms with Crippen LogP contribution in [0.4, 0.5) is 5.69 Å². The summed E-state index contributed by atoms with van der Waals surface area (Å²) < 4.78 is 27.5. The Morgan fingerprint density at radius 1 is 1.00 bits per heavy atom. The van der Waals surface area contributed by atoms with Crippen molar-refractivity contribution in [1.82, 2.24) is 4.31 Å². The van der Waals surface area contributed by atoms with Gasteiger partial charge in [-0.2, -0.15) is 4.31 Å². The average molecular weight is 441 g/mol. The van der Waals surface area contributed by atoms with Gasteiger partial charge in [0.1, 0.15) is 0 Å². The van der Waals surface area contributed by atoms with E-state index >= 15 is 0 Å². The summed E-state index contributed by atoms with van der Waals surface area (Å²) in [6.45, 7) is 2.78. The van der Waals surface area contributed by atoms with Gasteiger partial charge in [-0.15, -0.1) is 0 Å². The lowest BCUT2D eigenvalue weighted by atomic mass is 10.1. The molecule has 1 aliphatic heterocycles. The molecule has 0 unspecified atom stereocenters. The first-order valence-electron chi connectivity index (χ1n) is 9.17. The molecule has 1 heterocycles. The Morgan fingerprint density at radius 3 is 2.36 bits per heavy atom. The number of nitrogens with one attached hydrogen (secondary N) is 1. The summed E-state index contributed by atoms with van der Waals surface area (Å²) in [5.74, 6) is -0.483. The summed E-state index contributed by atoms with van der Waals surface area (Å²) >= 11 is 12.3. The predicted molar refractivity (Wildman–Crippen MR) is 113 cm³/mol. The molecule has 150 valence electrons. The molecule has 1 fully saturated rings. The number of amides is 1. The fourth-order valence-corrected chi connectivity index (χ4v) is 5.12. The summed E-state index contributed by atoms with van der Waals surface area (Å²) in [5, 5.41) is 3.48. The van der Waals surface area contributed by atoms with Crippen molar-refractivity contribution in [2.45, 2.75) is 37.5 Å². The molecule has 28 heavy (non-hydrogen) atoms. The second kappa shape index (κ2) is 8.82. The van der Waals surface area contributed by atoms with E-state index in [0.717, 1.165) is 31.2 Å². The Balaban J connectivity index is 1.90. The number of sulfonamides is 1. The molecule has 0 bridgehead atoms. The lowest BCUT2D eigenvalue weighted by Gasteiger charge is -2.20. The van der Waals surface area contributed by atoms with Gasteiger partial charge in [0, 0.05) is 23.8 Å². The lowest BCUT2D eigenvalue weighted by Crippen LogP contribution is -2.32. The van der Waals surface area contributed by atoms with Gasteiger partial charge >= 0.3 is 0 Å². The summed E-state index contributed by atoms with van der Waals surface area (Å²) in [4.78, 5) is 12.8. The van der Waals surface area contributed by atoms with Gasteiger partial charge in [-0.05, 0) is 55.7 Å². The average Bonchev–Trinajstić information content (AvgIpc) is 2.95. The van der Waals surface area contributed by atoms with Crippen molar-refractivity contribution in [3.63, 3.8) is 0 Å². The van der Waals surface area contributed by atoms with E-state index in [2.05, 4.69) is 5.32 Å². The van der Waals surface area contributed by atoms with Crippen molar-refractivity contribution >= 4 is 44.8 Å². The van der Waals surface area contributed by atoms with E-state index in [1.165, 1.54) is 22.5 Å². The minimum atomic E-state index is -3.67. The zero-order valence-corrected chi connectivity index (χ0v) is 17.9. The molecule has 0 aliphatic carbocycles. The Labute approximate surface area is 175 Å². The van der Waals surface area contributed by atoms with Crippen LogP contribution in [0.2, 0.25) is 10.0 Å². The van der Waals surface area contributed by atoms with Crippen molar-refractivity contribution < 1.29 is 13.2 Å². The van der Waals surface area contributed by atoms with E-state index in [1.54, 1.807) is 25.1 Å². The number of nitrogens with zero attached hydrogens (tertiary/aromatic N) is 1. The van der Waals surface area contributed by atoms with E-state index < -0.39 is 15.9 Å². The van der Waals surface area contributed by atoms with Crippen LogP contribution in [0.3, 0.4) is 0 Å². The van der Waals surface area contributed by atoms with Gasteiger partial charge in [-0.3, -0.25) is 4.79 Å². The standard InChI is InChI=1S/C20H22Cl2N2O3S/c1-14-17(21)7-6-8-19(14)23-20(25)16-13-15(9-10-18(16)22)28(26,27)24-11-4-2-3-5-12-24/h6-10,13H,2-5,11-12H2,1H3,(H,23,25). The number of carbonyl (C=O) groups excluding carboxylic acids is 1. The Hall–Kier alpha value is -1.60. The molecule has 1 saturated heterocycles. The van der Waals surface area contributed by atoms with E-state index in [-0.39, 0.29) is 15.5 Å². The van der Waals surface area contributed by atoms with E-state index in [0.29, 0.717) is 23.8 Å². The molecule has 1 N–H and O–H groups in total. The summed E-state index contributed by atoms with van der Waals surface area (Å²) in [7, 11) is -3.67. The smallest absolute Gasteiger partial charge is 0.257 e. The molecular weight excluding hydrogens is 419 g/mol. The van der Waals surface area contributed by atoms with Gasteiger partial charge in [0.25, 0.3) is 5.91 Å². The van der Waals surface area contributed by atoms with E-state index in [9.17, 15) is 13.2 Å². The van der Waals surface area contributed by atoms with E-state index in [4.69, 9.17) is 23.2 Å². The fraction of sp³-hybridized carbons (Fsp3) is 0.350. The number of rotatable bonds is 4. The number of carbonyl (C=O) groups is 1. The highest BCUT2D eigenvalue weighted by atomic mass is 35.5. The second-order valence-corrected chi connectivity index (χ2v) is 9.58. The minimum Gasteiger partial charge on any atom is -0.322 e. The summed E-state index contributed by atoms with van der Waals surface area (Å²) in [6.07, 6.45) is 3.74. The van der Waals surface area contributed by atoms with Crippen LogP contribution >= 0.6 is 23.2 Å². The highest BCUT2D eigenvalue weighted by molar-refractivity contribution is 7.89. The van der Waals surface area contributed by atoms with Crippen LogP contribution in [0.25, 0.3) is 0 Å². The number of halogens is 2. The zero-order chi connectivity index (χ0) is 20.3. The number of hydrogen-bond acceptors (Lipinski definition) is 3. The maximum absolute atomic E-state index is 13.0. The number of benzene rings is 2. The van der Waals surface area contributed by atoms with Crippen molar-refractivity contribution in [2.75, 3.05) is 18.4 Å². The van der Waals surface area contributed by atoms with Gasteiger partial charge < -0.3 is 5.32 Å². The Morgan fingerprint density at radius 2 is 1.68 bits per heavy atom. The maximum Gasteiger partial charge on any atom is 0.257 e. The number of anilines is 1. The molecule has 0 aromatic heterocycles. The molecule has 8 heteroatoms. The van der Waals surface area contributed by atoms with Gasteiger partial charge in [0.2, 0.25) is 10.0 Å². The van der Waals surface area contributed by atoms with Gasteiger partial charge in [0.15, 0.2) is 0 Å². The molecule has 3 rings (SSSR count). The van der Waals surface area contributed by atoms with Crippen LogP contribution in [-0.4, -0.2) is 31.7 Å². The van der Waals surface area contributed by atoms with Crippen molar-refractivity contribution in [3.05, 3.63) is 57.6 Å². The summed E-state index contributed by atoms with van der Waals surface area (Å²) in [5.41, 5.74) is 1.38. The zero-order valence-electron chi connectivity index (χ0n) is 15.5. The van der Waals surface area contributed by atoms with Crippen molar-refractivity contribution in [1.29, 1.82) is 0 Å². The first-order chi connectivity index (χ1) is 13.3. The van der Waals surface area contributed by atoms with Crippen molar-refractivity contribution in [2.24, 2.45) is 0 Å². The van der Waals surface area contributed by atoms with Crippen LogP contribution in [0.5, 0.6) is 0 Å². The largest absolute Gasteiger partial charge is 0.322 e. The quantitative estimate of drug-likeness (QED) is 0.716. The molecular formula is C20H22Cl2N2O3S. The van der Waals surface area contributed by atoms with Crippen LogP contribution in [0.1, 0.15) is 41.6 Å². The maximum atomic E-state index is 13.0. The fourth-order valence-electron chi connectivity index (χ4n) is 3.20. The monoisotopic (exact) mass is 440 g/mol. The van der Waals surface area contributed by atoms with Gasteiger partial charge in [0.05, 0.1) is 15.5 Å². The molecule has 5 nitrogen and oxygen atoms in total.